The molecule has 1 amide bonds. The lowest BCUT2D eigenvalue weighted by Gasteiger charge is -2.09. The maximum absolute atomic E-state index is 13.6. The highest BCUT2D eigenvalue weighted by atomic mass is 19.1. The quantitative estimate of drug-likeness (QED) is 0.704. The number of rotatable bonds is 5. The third-order valence-corrected chi connectivity index (χ3v) is 4.22. The summed E-state index contributed by atoms with van der Waals surface area (Å²) in [6.45, 7) is 0.553. The van der Waals surface area contributed by atoms with Crippen LogP contribution < -0.4 is 20.1 Å². The molecule has 0 aliphatic carbocycles. The number of nitrogens with one attached hydrogen (secondary N) is 2. The number of ether oxygens (including phenoxy) is 2. The summed E-state index contributed by atoms with van der Waals surface area (Å²) in [7, 11) is 0. The van der Waals surface area contributed by atoms with Crippen LogP contribution in [0.3, 0.4) is 0 Å². The summed E-state index contributed by atoms with van der Waals surface area (Å²) in [5, 5.41) is 6.00. The van der Waals surface area contributed by atoms with Crippen LogP contribution in [0.5, 0.6) is 11.5 Å². The fraction of sp³-hybridized carbons (Fsp3) is 0.0952. The Bertz CT molecular complexity index is 973. The Kier molecular flexibility index (Phi) is 4.61. The number of fused-ring (bicyclic) bond motifs is 1. The minimum atomic E-state index is -0.238. The summed E-state index contributed by atoms with van der Waals surface area (Å²) < 4.78 is 24.2. The van der Waals surface area contributed by atoms with Gasteiger partial charge in [-0.1, -0.05) is 18.2 Å². The molecule has 2 N–H and O–H groups in total. The van der Waals surface area contributed by atoms with Gasteiger partial charge in [0, 0.05) is 29.0 Å². The van der Waals surface area contributed by atoms with Crippen LogP contribution in [0.15, 0.2) is 66.7 Å². The van der Waals surface area contributed by atoms with E-state index < -0.39 is 0 Å². The fourth-order valence-electron chi connectivity index (χ4n) is 2.75. The second kappa shape index (κ2) is 7.37. The molecule has 4 rings (SSSR count). The van der Waals surface area contributed by atoms with Gasteiger partial charge in [-0.3, -0.25) is 4.79 Å². The Labute approximate surface area is 155 Å². The summed E-state index contributed by atoms with van der Waals surface area (Å²) in [5.74, 6) is 0.727. The molecule has 0 bridgehead atoms. The van der Waals surface area contributed by atoms with Crippen LogP contribution in [-0.4, -0.2) is 12.7 Å². The van der Waals surface area contributed by atoms with Crippen LogP contribution in [0, 0.1) is 5.82 Å². The van der Waals surface area contributed by atoms with E-state index >= 15 is 0 Å². The Morgan fingerprint density at radius 3 is 2.48 bits per heavy atom. The number of hydrogen-bond donors (Lipinski definition) is 2. The average molecular weight is 364 g/mol. The molecule has 0 spiro atoms. The molecule has 0 atom stereocenters. The number of amides is 1. The third kappa shape index (κ3) is 3.84. The molecular weight excluding hydrogens is 347 g/mol. The fourth-order valence-corrected chi connectivity index (χ4v) is 2.75. The first-order valence-electron chi connectivity index (χ1n) is 8.47. The highest BCUT2D eigenvalue weighted by Gasteiger charge is 2.16. The summed E-state index contributed by atoms with van der Waals surface area (Å²) in [6.07, 6.45) is 0. The Balaban J connectivity index is 1.37. The van der Waals surface area contributed by atoms with Crippen molar-refractivity contribution in [3.63, 3.8) is 0 Å². The maximum atomic E-state index is 13.6. The smallest absolute Gasteiger partial charge is 0.255 e. The van der Waals surface area contributed by atoms with Crippen molar-refractivity contribution in [2.45, 2.75) is 6.54 Å². The van der Waals surface area contributed by atoms with E-state index in [1.54, 1.807) is 48.5 Å². The molecular formula is C21H17FN2O3. The maximum Gasteiger partial charge on any atom is 0.255 e. The Morgan fingerprint density at radius 1 is 0.926 bits per heavy atom. The van der Waals surface area contributed by atoms with Crippen LogP contribution in [0.4, 0.5) is 15.8 Å². The van der Waals surface area contributed by atoms with Crippen LogP contribution in [0.2, 0.25) is 0 Å². The van der Waals surface area contributed by atoms with Crippen molar-refractivity contribution in [2.75, 3.05) is 17.4 Å². The van der Waals surface area contributed by atoms with Gasteiger partial charge in [-0.2, -0.15) is 0 Å². The van der Waals surface area contributed by atoms with Gasteiger partial charge in [-0.15, -0.1) is 0 Å². The van der Waals surface area contributed by atoms with E-state index in [1.807, 2.05) is 12.1 Å². The zero-order chi connectivity index (χ0) is 18.6. The van der Waals surface area contributed by atoms with Crippen molar-refractivity contribution in [3.05, 3.63) is 83.7 Å². The molecule has 0 aromatic heterocycles. The normalized spacial score (nSPS) is 11.9. The first kappa shape index (κ1) is 16.9. The molecule has 5 nitrogen and oxygen atoms in total. The molecule has 0 unspecified atom stereocenters. The van der Waals surface area contributed by atoms with Gasteiger partial charge in [0.05, 0.1) is 0 Å². The number of hydrogen-bond acceptors (Lipinski definition) is 4. The highest BCUT2D eigenvalue weighted by molar-refractivity contribution is 6.04. The standard InChI is InChI=1S/C21H17FN2O3/c22-18-4-2-1-3-15(18)12-23-16-6-8-17(9-7-16)24-21(25)14-5-10-19-20(11-14)27-13-26-19/h1-11,23H,12-13H2,(H,24,25). The van der Waals surface area contributed by atoms with Crippen LogP contribution in [0.1, 0.15) is 15.9 Å². The number of benzene rings is 3. The zero-order valence-electron chi connectivity index (χ0n) is 14.4. The topological polar surface area (TPSA) is 59.6 Å². The molecule has 1 aliphatic heterocycles. The van der Waals surface area contributed by atoms with Crippen molar-refractivity contribution < 1.29 is 18.7 Å². The second-order valence-electron chi connectivity index (χ2n) is 6.04. The van der Waals surface area contributed by atoms with E-state index in [4.69, 9.17) is 9.47 Å². The minimum absolute atomic E-state index is 0.168. The second-order valence-corrected chi connectivity index (χ2v) is 6.04. The van der Waals surface area contributed by atoms with Gasteiger partial charge in [0.1, 0.15) is 5.82 Å². The van der Waals surface area contributed by atoms with Crippen molar-refractivity contribution in [3.8, 4) is 11.5 Å². The van der Waals surface area contributed by atoms with Crippen LogP contribution in [-0.2, 0) is 6.54 Å². The van der Waals surface area contributed by atoms with E-state index in [9.17, 15) is 9.18 Å². The zero-order valence-corrected chi connectivity index (χ0v) is 14.4. The van der Waals surface area contributed by atoms with Crippen molar-refractivity contribution >= 4 is 17.3 Å². The van der Waals surface area contributed by atoms with E-state index in [2.05, 4.69) is 10.6 Å². The van der Waals surface area contributed by atoms with Gasteiger partial charge in [0.2, 0.25) is 6.79 Å². The predicted molar refractivity (Wildman–Crippen MR) is 101 cm³/mol. The van der Waals surface area contributed by atoms with Crippen LogP contribution >= 0.6 is 0 Å². The monoisotopic (exact) mass is 364 g/mol. The molecule has 3 aromatic carbocycles. The van der Waals surface area contributed by atoms with Crippen molar-refractivity contribution in [1.29, 1.82) is 0 Å². The molecule has 0 saturated carbocycles. The first-order valence-corrected chi connectivity index (χ1v) is 8.47. The lowest BCUT2D eigenvalue weighted by molar-refractivity contribution is 0.102. The number of anilines is 2. The third-order valence-electron chi connectivity index (χ3n) is 4.22. The largest absolute Gasteiger partial charge is 0.454 e. The highest BCUT2D eigenvalue weighted by Crippen LogP contribution is 2.32. The van der Waals surface area contributed by atoms with E-state index in [-0.39, 0.29) is 18.5 Å². The first-order chi connectivity index (χ1) is 13.2. The molecule has 0 radical (unpaired) electrons. The van der Waals surface area contributed by atoms with Crippen molar-refractivity contribution in [2.24, 2.45) is 0 Å². The Morgan fingerprint density at radius 2 is 1.67 bits per heavy atom. The average Bonchev–Trinajstić information content (AvgIpc) is 3.16. The molecule has 1 heterocycles. The van der Waals surface area contributed by atoms with Crippen LogP contribution in [0.25, 0.3) is 0 Å². The number of halogens is 1. The van der Waals surface area contributed by atoms with Gasteiger partial charge >= 0.3 is 0 Å². The molecule has 1 aliphatic rings. The van der Waals surface area contributed by atoms with Gasteiger partial charge in [0.25, 0.3) is 5.91 Å². The van der Waals surface area contributed by atoms with Gasteiger partial charge < -0.3 is 20.1 Å². The molecule has 136 valence electrons. The molecule has 3 aromatic rings. The lowest BCUT2D eigenvalue weighted by Crippen LogP contribution is -2.11. The Hall–Kier alpha value is -3.54. The summed E-state index contributed by atoms with van der Waals surface area (Å²) in [4.78, 5) is 12.4. The van der Waals surface area contributed by atoms with E-state index in [1.165, 1.54) is 6.07 Å². The minimum Gasteiger partial charge on any atom is -0.454 e. The molecule has 0 saturated heterocycles. The predicted octanol–water partition coefficient (Wildman–Crippen LogP) is 4.42. The van der Waals surface area contributed by atoms with Gasteiger partial charge in [-0.05, 0) is 48.5 Å². The number of carbonyl (C=O) groups is 1. The number of carbonyl (C=O) groups excluding carboxylic acids is 1. The van der Waals surface area contributed by atoms with E-state index in [0.29, 0.717) is 34.9 Å². The SMILES string of the molecule is O=C(Nc1ccc(NCc2ccccc2F)cc1)c1ccc2c(c1)OCO2. The lowest BCUT2D eigenvalue weighted by atomic mass is 10.1. The summed E-state index contributed by atoms with van der Waals surface area (Å²) in [5.41, 5.74) is 2.58. The van der Waals surface area contributed by atoms with E-state index in [0.717, 1.165) is 5.69 Å². The van der Waals surface area contributed by atoms with Crippen molar-refractivity contribution in [1.82, 2.24) is 0 Å². The summed E-state index contributed by atoms with van der Waals surface area (Å²) >= 11 is 0. The van der Waals surface area contributed by atoms with Gasteiger partial charge in [0.15, 0.2) is 11.5 Å². The molecule has 0 fully saturated rings. The molecule has 6 heteroatoms. The summed E-state index contributed by atoms with van der Waals surface area (Å²) in [6, 6.07) is 18.9. The molecule has 27 heavy (non-hydrogen) atoms. The van der Waals surface area contributed by atoms with Gasteiger partial charge in [-0.25, -0.2) is 4.39 Å².